The van der Waals surface area contributed by atoms with Gasteiger partial charge in [0.1, 0.15) is 19.3 Å². The Hall–Kier alpha value is -1.51. The summed E-state index contributed by atoms with van der Waals surface area (Å²) >= 11 is 0. The summed E-state index contributed by atoms with van der Waals surface area (Å²) in [4.78, 5) is 40.0. The van der Waals surface area contributed by atoms with Crippen LogP contribution in [0.1, 0.15) is 342 Å². The molecule has 0 aliphatic heterocycles. The zero-order valence-electron chi connectivity index (χ0n) is 52.2. The number of likely N-dealkylation sites (N-methyl/N-ethyl adjacent to an activating group) is 1. The molecule has 0 radical (unpaired) electrons. The number of carbonyl (C=O) groups excluding carboxylic acids is 2. The maximum atomic E-state index is 13.5. The van der Waals surface area contributed by atoms with E-state index in [-0.39, 0.29) is 31.5 Å². The molecule has 456 valence electrons. The van der Waals surface area contributed by atoms with Crippen LogP contribution in [0.5, 0.6) is 0 Å². The topological polar surface area (TPSA) is 114 Å². The Kier molecular flexibility index (Phi) is 56.6. The molecule has 0 bridgehead atoms. The number of phosphoric ester groups is 1. The highest BCUT2D eigenvalue weighted by atomic mass is 31.2. The Labute approximate surface area is 479 Å². The molecule has 0 fully saturated rings. The summed E-state index contributed by atoms with van der Waals surface area (Å²) in [5.74, 6) is -0.527. The highest BCUT2D eigenvalue weighted by Crippen LogP contribution is 2.38. The smallest absolute Gasteiger partial charge is 0.306 e. The average Bonchev–Trinajstić information content (AvgIpc) is 3.39. The first-order valence-electron chi connectivity index (χ1n) is 33.6. The van der Waals surface area contributed by atoms with Crippen LogP contribution in [0.2, 0.25) is 0 Å². The fourth-order valence-corrected chi connectivity index (χ4v) is 10.9. The van der Waals surface area contributed by atoms with Gasteiger partial charge in [-0.05, 0) is 57.4 Å². The van der Waals surface area contributed by atoms with Crippen molar-refractivity contribution in [1.82, 2.24) is 5.32 Å². The van der Waals surface area contributed by atoms with E-state index in [1.165, 1.54) is 238 Å². The van der Waals surface area contributed by atoms with E-state index < -0.39 is 20.0 Å². The van der Waals surface area contributed by atoms with E-state index in [4.69, 9.17) is 13.8 Å². The molecular weight excluding hydrogens is 976 g/mol. The second-order valence-electron chi connectivity index (χ2n) is 24.3. The average molecular weight is 1110 g/mol. The van der Waals surface area contributed by atoms with Gasteiger partial charge in [-0.3, -0.25) is 14.2 Å². The van der Waals surface area contributed by atoms with Crippen molar-refractivity contribution in [3.05, 3.63) is 24.3 Å². The molecule has 0 aromatic rings. The molecule has 10 heteroatoms. The fraction of sp³-hybridized carbons (Fsp3) is 0.910. The van der Waals surface area contributed by atoms with Crippen molar-refractivity contribution in [3.8, 4) is 0 Å². The molecule has 0 aliphatic rings. The van der Waals surface area contributed by atoms with Crippen LogP contribution in [0.15, 0.2) is 24.3 Å². The molecule has 77 heavy (non-hydrogen) atoms. The van der Waals surface area contributed by atoms with Crippen LogP contribution in [0.4, 0.5) is 0 Å². The number of phosphoric acid groups is 1. The van der Waals surface area contributed by atoms with Crippen LogP contribution in [0.25, 0.3) is 0 Å². The zero-order valence-corrected chi connectivity index (χ0v) is 53.1. The first kappa shape index (κ1) is 75.5. The molecule has 0 heterocycles. The van der Waals surface area contributed by atoms with Gasteiger partial charge >= 0.3 is 5.97 Å². The van der Waals surface area contributed by atoms with Gasteiger partial charge in [-0.2, -0.15) is 0 Å². The normalized spacial score (nSPS) is 13.7. The van der Waals surface area contributed by atoms with E-state index in [0.29, 0.717) is 17.4 Å². The van der Waals surface area contributed by atoms with Crippen molar-refractivity contribution >= 4 is 19.7 Å². The fourth-order valence-electron chi connectivity index (χ4n) is 10.2. The minimum atomic E-state index is -4.69. The van der Waals surface area contributed by atoms with Gasteiger partial charge in [-0.25, -0.2) is 0 Å². The molecule has 1 N–H and O–H groups in total. The quantitative estimate of drug-likeness (QED) is 0.0212. The zero-order chi connectivity index (χ0) is 56.4. The second kappa shape index (κ2) is 57.7. The Morgan fingerprint density at radius 2 is 0.753 bits per heavy atom. The molecular formula is C67H131N2O7P. The van der Waals surface area contributed by atoms with Crippen LogP contribution >= 0.6 is 7.82 Å². The van der Waals surface area contributed by atoms with E-state index in [1.807, 2.05) is 33.3 Å². The molecule has 9 nitrogen and oxygen atoms in total. The van der Waals surface area contributed by atoms with Crippen LogP contribution in [-0.2, 0) is 27.9 Å². The molecule has 0 aromatic carbocycles. The van der Waals surface area contributed by atoms with Crippen molar-refractivity contribution < 1.29 is 37.3 Å². The van der Waals surface area contributed by atoms with Crippen molar-refractivity contribution in [2.24, 2.45) is 0 Å². The number of nitrogens with one attached hydrogen (secondary N) is 1. The summed E-state index contributed by atoms with van der Waals surface area (Å²) in [5, 5.41) is 3.04. The van der Waals surface area contributed by atoms with Gasteiger partial charge in [-0.1, -0.05) is 296 Å². The molecule has 0 aliphatic carbocycles. The maximum Gasteiger partial charge on any atom is 0.306 e. The van der Waals surface area contributed by atoms with Crippen LogP contribution in [0, 0.1) is 0 Å². The SMILES string of the molecule is CCCCCCCC/C=C/CCCCCCCCCC(=O)NC(COP(=O)([O-])OCC[N+](C)(C)C)C(/C=C\CCCCCCCCCCC)OC(=O)CCCCCCCCCCCCCCCCCCCCCCCCC. The number of amides is 1. The molecule has 3 unspecified atom stereocenters. The summed E-state index contributed by atoms with van der Waals surface area (Å²) in [6.07, 6.45) is 68.7. The van der Waals surface area contributed by atoms with Gasteiger partial charge in [0, 0.05) is 12.8 Å². The Morgan fingerprint density at radius 3 is 1.10 bits per heavy atom. The Balaban J connectivity index is 5.05. The number of ether oxygens (including phenoxy) is 1. The number of rotatable bonds is 62. The monoisotopic (exact) mass is 1110 g/mol. The van der Waals surface area contributed by atoms with E-state index in [0.717, 1.165) is 70.6 Å². The molecule has 0 saturated carbocycles. The number of carbonyl (C=O) groups is 2. The van der Waals surface area contributed by atoms with Gasteiger partial charge in [0.15, 0.2) is 0 Å². The minimum absolute atomic E-state index is 0.0196. The number of allylic oxidation sites excluding steroid dienone is 3. The largest absolute Gasteiger partial charge is 0.756 e. The van der Waals surface area contributed by atoms with Gasteiger partial charge in [0.05, 0.1) is 33.8 Å². The van der Waals surface area contributed by atoms with Gasteiger partial charge in [0.2, 0.25) is 5.91 Å². The van der Waals surface area contributed by atoms with E-state index in [2.05, 4.69) is 38.2 Å². The summed E-state index contributed by atoms with van der Waals surface area (Å²) in [6, 6.07) is -0.885. The highest BCUT2D eigenvalue weighted by Gasteiger charge is 2.27. The van der Waals surface area contributed by atoms with Crippen molar-refractivity contribution in [3.63, 3.8) is 0 Å². The lowest BCUT2D eigenvalue weighted by molar-refractivity contribution is -0.870. The molecule has 0 rings (SSSR count). The lowest BCUT2D eigenvalue weighted by Crippen LogP contribution is -2.47. The number of esters is 1. The van der Waals surface area contributed by atoms with E-state index in [9.17, 15) is 19.0 Å². The lowest BCUT2D eigenvalue weighted by atomic mass is 10.0. The summed E-state index contributed by atoms with van der Waals surface area (Å²) in [5.41, 5.74) is 0. The summed E-state index contributed by atoms with van der Waals surface area (Å²) < 4.78 is 30.4. The Morgan fingerprint density at radius 1 is 0.442 bits per heavy atom. The number of quaternary nitrogens is 1. The third kappa shape index (κ3) is 58.9. The first-order chi connectivity index (χ1) is 37.4. The van der Waals surface area contributed by atoms with Crippen LogP contribution < -0.4 is 10.2 Å². The number of nitrogens with zero attached hydrogens (tertiary/aromatic N) is 1. The predicted molar refractivity (Wildman–Crippen MR) is 330 cm³/mol. The van der Waals surface area contributed by atoms with Crippen LogP contribution in [-0.4, -0.2) is 69.4 Å². The lowest BCUT2D eigenvalue weighted by Gasteiger charge is -2.30. The predicted octanol–water partition coefficient (Wildman–Crippen LogP) is 20.3. The molecule has 0 spiro atoms. The standard InChI is InChI=1S/C67H131N2O7P/c1-7-10-13-16-19-22-25-27-29-31-32-33-34-35-36-38-40-42-45-48-51-54-57-60-67(71)76-65(58-55-52-49-46-43-24-21-18-15-12-9-3)64(63-75-77(72,73)74-62-61-69(4,5)6)68-66(70)59-56-53-50-47-44-41-39-37-30-28-26-23-20-17-14-11-8-2/h28,30,55,58,64-65H,7-27,29,31-54,56-57,59-63H2,1-6H3,(H-,68,70,72,73)/b30-28+,58-55-. The highest BCUT2D eigenvalue weighted by molar-refractivity contribution is 7.45. The molecule has 1 amide bonds. The van der Waals surface area contributed by atoms with Gasteiger partial charge in [-0.15, -0.1) is 0 Å². The van der Waals surface area contributed by atoms with Crippen molar-refractivity contribution in [2.45, 2.75) is 354 Å². The molecule has 0 aromatic heterocycles. The van der Waals surface area contributed by atoms with Gasteiger partial charge < -0.3 is 28.5 Å². The van der Waals surface area contributed by atoms with E-state index >= 15 is 0 Å². The van der Waals surface area contributed by atoms with Gasteiger partial charge in [0.25, 0.3) is 7.82 Å². The van der Waals surface area contributed by atoms with Crippen molar-refractivity contribution in [2.75, 3.05) is 40.9 Å². The Bertz CT molecular complexity index is 1370. The summed E-state index contributed by atoms with van der Waals surface area (Å²) in [7, 11) is 1.20. The molecule has 3 atom stereocenters. The summed E-state index contributed by atoms with van der Waals surface area (Å²) in [6.45, 7) is 6.88. The second-order valence-corrected chi connectivity index (χ2v) is 25.7. The van der Waals surface area contributed by atoms with Crippen molar-refractivity contribution in [1.29, 1.82) is 0 Å². The number of hydrogen-bond acceptors (Lipinski definition) is 7. The van der Waals surface area contributed by atoms with Crippen LogP contribution in [0.3, 0.4) is 0 Å². The number of unbranched alkanes of at least 4 members (excludes halogenated alkanes) is 44. The van der Waals surface area contributed by atoms with E-state index in [1.54, 1.807) is 0 Å². The first-order valence-corrected chi connectivity index (χ1v) is 35.1. The third-order valence-corrected chi connectivity index (χ3v) is 16.3. The maximum absolute atomic E-state index is 13.5. The minimum Gasteiger partial charge on any atom is -0.756 e. The third-order valence-electron chi connectivity index (χ3n) is 15.4. The molecule has 0 saturated heterocycles. The number of hydrogen-bond donors (Lipinski definition) is 1.